The molecule has 4 heteroatoms. The summed E-state index contributed by atoms with van der Waals surface area (Å²) in [6.07, 6.45) is 9.37. The Morgan fingerprint density at radius 3 is 1.53 bits per heavy atom. The molecule has 2 fully saturated rings. The first-order valence-electron chi connectivity index (χ1n) is 6.10. The van der Waals surface area contributed by atoms with Crippen LogP contribution in [0.1, 0.15) is 51.4 Å². The molecule has 0 heterocycles. The van der Waals surface area contributed by atoms with Gasteiger partial charge in [0.25, 0.3) is 0 Å². The van der Waals surface area contributed by atoms with Crippen LogP contribution in [0.15, 0.2) is 0 Å². The highest BCUT2D eigenvalue weighted by atomic mass is 31.2. The van der Waals surface area contributed by atoms with Gasteiger partial charge in [0.1, 0.15) is 0 Å². The Hall–Kier alpha value is 0.150. The molecule has 2 aliphatic rings. The second kappa shape index (κ2) is 4.99. The van der Waals surface area contributed by atoms with E-state index in [1.807, 2.05) is 0 Å². The van der Waals surface area contributed by atoms with Crippen molar-refractivity contribution in [3.63, 3.8) is 0 Å². The lowest BCUT2D eigenvalue weighted by Gasteiger charge is -2.21. The molecule has 0 aliphatic heterocycles. The molecule has 3 nitrogen and oxygen atoms in total. The predicted molar refractivity (Wildman–Crippen MR) is 60.2 cm³/mol. The molecule has 0 amide bonds. The first-order chi connectivity index (χ1) is 7.16. The molecule has 15 heavy (non-hydrogen) atoms. The molecule has 0 atom stereocenters. The molecule has 0 bridgehead atoms. The molecule has 0 saturated heterocycles. The van der Waals surface area contributed by atoms with Crippen molar-refractivity contribution < 1.29 is 13.6 Å². The Morgan fingerprint density at radius 2 is 1.20 bits per heavy atom. The molecule has 2 aliphatic carbocycles. The van der Waals surface area contributed by atoms with Gasteiger partial charge in [-0.15, -0.1) is 0 Å². The van der Waals surface area contributed by atoms with Crippen molar-refractivity contribution in [2.75, 3.05) is 6.66 Å². The fraction of sp³-hybridized carbons (Fsp3) is 1.00. The molecule has 0 N–H and O–H groups in total. The maximum absolute atomic E-state index is 12.1. The van der Waals surface area contributed by atoms with Crippen LogP contribution in [0, 0.1) is 0 Å². The summed E-state index contributed by atoms with van der Waals surface area (Å²) in [7, 11) is -2.79. The highest BCUT2D eigenvalue weighted by Crippen LogP contribution is 2.50. The third kappa shape index (κ3) is 3.58. The van der Waals surface area contributed by atoms with E-state index in [0.29, 0.717) is 0 Å². The summed E-state index contributed by atoms with van der Waals surface area (Å²) < 4.78 is 23.3. The van der Waals surface area contributed by atoms with Crippen molar-refractivity contribution in [3.8, 4) is 0 Å². The van der Waals surface area contributed by atoms with Gasteiger partial charge in [-0.25, -0.2) is 0 Å². The van der Waals surface area contributed by atoms with E-state index in [2.05, 4.69) is 0 Å². The minimum absolute atomic E-state index is 0.183. The molecular formula is C11H21O3P. The molecule has 0 aromatic carbocycles. The zero-order chi connectivity index (χ0) is 10.7. The van der Waals surface area contributed by atoms with Crippen molar-refractivity contribution in [1.29, 1.82) is 0 Å². The molecule has 88 valence electrons. The normalized spacial score (nSPS) is 25.1. The summed E-state index contributed by atoms with van der Waals surface area (Å²) in [4.78, 5) is 0. The SMILES string of the molecule is CP(=O)(OC1CCCC1)OC1CCCC1. The van der Waals surface area contributed by atoms with Crippen molar-refractivity contribution in [2.24, 2.45) is 0 Å². The van der Waals surface area contributed by atoms with Crippen LogP contribution in [0.4, 0.5) is 0 Å². The van der Waals surface area contributed by atoms with Gasteiger partial charge in [0.2, 0.25) is 0 Å². The molecule has 0 aromatic heterocycles. The van der Waals surface area contributed by atoms with E-state index in [4.69, 9.17) is 9.05 Å². The van der Waals surface area contributed by atoms with Crippen molar-refractivity contribution in [2.45, 2.75) is 63.6 Å². The lowest BCUT2D eigenvalue weighted by molar-refractivity contribution is 0.121. The molecule has 2 saturated carbocycles. The van der Waals surface area contributed by atoms with Crippen LogP contribution in [0.25, 0.3) is 0 Å². The Bertz CT molecular complexity index is 220. The third-order valence-corrected chi connectivity index (χ3v) is 4.65. The zero-order valence-corrected chi connectivity index (χ0v) is 10.4. The quantitative estimate of drug-likeness (QED) is 0.693. The lowest BCUT2D eigenvalue weighted by atomic mass is 10.3. The van der Waals surface area contributed by atoms with Gasteiger partial charge in [0, 0.05) is 6.66 Å². The summed E-state index contributed by atoms with van der Waals surface area (Å²) >= 11 is 0. The van der Waals surface area contributed by atoms with Gasteiger partial charge < -0.3 is 9.05 Å². The zero-order valence-electron chi connectivity index (χ0n) is 9.48. The van der Waals surface area contributed by atoms with Crippen LogP contribution >= 0.6 is 7.60 Å². The maximum Gasteiger partial charge on any atom is 0.328 e. The summed E-state index contributed by atoms with van der Waals surface area (Å²) in [5.74, 6) is 0. The predicted octanol–water partition coefficient (Wildman–Crippen LogP) is 3.73. The first-order valence-corrected chi connectivity index (χ1v) is 8.09. The second-order valence-corrected chi connectivity index (χ2v) is 6.76. The Balaban J connectivity index is 1.79. The largest absolute Gasteiger partial charge is 0.328 e. The van der Waals surface area contributed by atoms with Gasteiger partial charge in [-0.2, -0.15) is 0 Å². The molecule has 0 radical (unpaired) electrons. The van der Waals surface area contributed by atoms with E-state index in [-0.39, 0.29) is 12.2 Å². The van der Waals surface area contributed by atoms with Gasteiger partial charge in [-0.05, 0) is 25.7 Å². The van der Waals surface area contributed by atoms with Crippen LogP contribution in [0.2, 0.25) is 0 Å². The van der Waals surface area contributed by atoms with Gasteiger partial charge in [0.05, 0.1) is 12.2 Å². The van der Waals surface area contributed by atoms with Crippen LogP contribution in [0.3, 0.4) is 0 Å². The van der Waals surface area contributed by atoms with Gasteiger partial charge >= 0.3 is 7.60 Å². The van der Waals surface area contributed by atoms with Crippen molar-refractivity contribution in [3.05, 3.63) is 0 Å². The highest BCUT2D eigenvalue weighted by molar-refractivity contribution is 7.53. The fourth-order valence-corrected chi connectivity index (χ4v) is 4.11. The van der Waals surface area contributed by atoms with Crippen LogP contribution in [-0.4, -0.2) is 18.9 Å². The average molecular weight is 232 g/mol. The fourth-order valence-electron chi connectivity index (χ4n) is 2.55. The maximum atomic E-state index is 12.1. The second-order valence-electron chi connectivity index (χ2n) is 4.80. The van der Waals surface area contributed by atoms with Crippen LogP contribution in [-0.2, 0) is 13.6 Å². The lowest BCUT2D eigenvalue weighted by Crippen LogP contribution is -2.11. The molecule has 0 spiro atoms. The standard InChI is InChI=1S/C11H21O3P/c1-15(12,13-10-6-2-3-7-10)14-11-8-4-5-9-11/h10-11H,2-9H2,1H3. The summed E-state index contributed by atoms with van der Waals surface area (Å²) in [6, 6.07) is 0. The van der Waals surface area contributed by atoms with Crippen molar-refractivity contribution >= 4 is 7.60 Å². The average Bonchev–Trinajstić information content (AvgIpc) is 2.75. The minimum atomic E-state index is -2.79. The minimum Gasteiger partial charge on any atom is -0.305 e. The summed E-state index contributed by atoms with van der Waals surface area (Å²) in [5, 5.41) is 0. The molecular weight excluding hydrogens is 211 g/mol. The highest BCUT2D eigenvalue weighted by Gasteiger charge is 2.29. The Morgan fingerprint density at radius 1 is 0.867 bits per heavy atom. The van der Waals surface area contributed by atoms with E-state index < -0.39 is 7.60 Å². The van der Waals surface area contributed by atoms with E-state index in [1.165, 1.54) is 25.7 Å². The molecule has 0 unspecified atom stereocenters. The Kier molecular flexibility index (Phi) is 3.87. The third-order valence-electron chi connectivity index (χ3n) is 3.29. The number of hydrogen-bond donors (Lipinski definition) is 0. The summed E-state index contributed by atoms with van der Waals surface area (Å²) in [6.45, 7) is 1.63. The molecule has 0 aromatic rings. The van der Waals surface area contributed by atoms with E-state index in [0.717, 1.165) is 25.7 Å². The van der Waals surface area contributed by atoms with E-state index >= 15 is 0 Å². The number of hydrogen-bond acceptors (Lipinski definition) is 3. The van der Waals surface area contributed by atoms with Crippen LogP contribution in [0.5, 0.6) is 0 Å². The van der Waals surface area contributed by atoms with Gasteiger partial charge in [-0.3, -0.25) is 4.57 Å². The van der Waals surface area contributed by atoms with E-state index in [1.54, 1.807) is 6.66 Å². The Labute approximate surface area is 92.1 Å². The van der Waals surface area contributed by atoms with Crippen molar-refractivity contribution in [1.82, 2.24) is 0 Å². The molecule has 2 rings (SSSR count). The van der Waals surface area contributed by atoms with Crippen LogP contribution < -0.4 is 0 Å². The summed E-state index contributed by atoms with van der Waals surface area (Å²) in [5.41, 5.74) is 0. The van der Waals surface area contributed by atoms with E-state index in [9.17, 15) is 4.57 Å². The number of rotatable bonds is 4. The van der Waals surface area contributed by atoms with Gasteiger partial charge in [-0.1, -0.05) is 25.7 Å². The smallest absolute Gasteiger partial charge is 0.305 e. The monoisotopic (exact) mass is 232 g/mol. The first kappa shape index (κ1) is 11.6. The van der Waals surface area contributed by atoms with Gasteiger partial charge in [0.15, 0.2) is 0 Å². The topological polar surface area (TPSA) is 35.5 Å².